The fourth-order valence-electron chi connectivity index (χ4n) is 1.43. The lowest BCUT2D eigenvalue weighted by molar-refractivity contribution is 0.315. The van der Waals surface area contributed by atoms with Crippen LogP contribution in [0.25, 0.3) is 0 Å². The van der Waals surface area contributed by atoms with Crippen molar-refractivity contribution in [3.63, 3.8) is 0 Å². The number of halogens is 1. The highest BCUT2D eigenvalue weighted by atomic mass is 35.5. The molecule has 86 valence electrons. The molecule has 0 aliphatic rings. The molecule has 3 heteroatoms. The van der Waals surface area contributed by atoms with Gasteiger partial charge in [-0.15, -0.1) is 12.4 Å². The van der Waals surface area contributed by atoms with Gasteiger partial charge in [0, 0.05) is 6.54 Å². The van der Waals surface area contributed by atoms with Gasteiger partial charge in [0.25, 0.3) is 0 Å². The van der Waals surface area contributed by atoms with E-state index in [1.165, 1.54) is 11.1 Å². The number of benzene rings is 1. The zero-order valence-corrected chi connectivity index (χ0v) is 10.5. The lowest BCUT2D eigenvalue weighted by atomic mass is 10.1. The van der Waals surface area contributed by atoms with E-state index in [1.54, 1.807) is 0 Å². The Morgan fingerprint density at radius 1 is 1.13 bits per heavy atom. The molecule has 0 atom stereocenters. The van der Waals surface area contributed by atoms with Crippen molar-refractivity contribution in [1.29, 1.82) is 0 Å². The maximum atomic E-state index is 5.61. The summed E-state index contributed by atoms with van der Waals surface area (Å²) in [5, 5.41) is 3.22. The van der Waals surface area contributed by atoms with E-state index in [0.717, 1.165) is 25.4 Å². The Balaban J connectivity index is 0.00000196. The summed E-state index contributed by atoms with van der Waals surface area (Å²) in [6.45, 7) is 8.90. The molecule has 0 radical (unpaired) electrons. The van der Waals surface area contributed by atoms with Crippen LogP contribution in [0.3, 0.4) is 0 Å². The standard InChI is InChI=1S/C12H19NO.ClH/c1-4-13-5-6-14-12-8-10(2)7-11(3)9-12;/h7-9,13H,4-6H2,1-3H3;1H. The number of aryl methyl sites for hydroxylation is 2. The molecule has 1 aromatic rings. The molecule has 15 heavy (non-hydrogen) atoms. The third-order valence-corrected chi connectivity index (χ3v) is 1.99. The van der Waals surface area contributed by atoms with Gasteiger partial charge in [-0.25, -0.2) is 0 Å². The summed E-state index contributed by atoms with van der Waals surface area (Å²) < 4.78 is 5.61. The Labute approximate surface area is 98.4 Å². The molecule has 1 rings (SSSR count). The summed E-state index contributed by atoms with van der Waals surface area (Å²) in [7, 11) is 0. The fourth-order valence-corrected chi connectivity index (χ4v) is 1.43. The molecule has 0 fully saturated rings. The van der Waals surface area contributed by atoms with Crippen molar-refractivity contribution in [1.82, 2.24) is 5.32 Å². The SMILES string of the molecule is CCNCCOc1cc(C)cc(C)c1.Cl. The summed E-state index contributed by atoms with van der Waals surface area (Å²) in [5.74, 6) is 0.973. The van der Waals surface area contributed by atoms with Crippen LogP contribution in [-0.2, 0) is 0 Å². The minimum absolute atomic E-state index is 0. The van der Waals surface area contributed by atoms with Gasteiger partial charge in [-0.1, -0.05) is 13.0 Å². The second kappa shape index (κ2) is 7.55. The Morgan fingerprint density at radius 2 is 1.73 bits per heavy atom. The van der Waals surface area contributed by atoms with Crippen molar-refractivity contribution in [2.75, 3.05) is 19.7 Å². The second-order valence-corrected chi connectivity index (χ2v) is 3.53. The third-order valence-electron chi connectivity index (χ3n) is 1.99. The molecule has 0 spiro atoms. The van der Waals surface area contributed by atoms with Crippen molar-refractivity contribution in [3.8, 4) is 5.75 Å². The first kappa shape index (κ1) is 14.3. The van der Waals surface area contributed by atoms with Crippen molar-refractivity contribution in [2.24, 2.45) is 0 Å². The minimum atomic E-state index is 0. The lowest BCUT2D eigenvalue weighted by Crippen LogP contribution is -2.20. The molecule has 0 aliphatic heterocycles. The smallest absolute Gasteiger partial charge is 0.119 e. The van der Waals surface area contributed by atoms with E-state index in [1.807, 2.05) is 0 Å². The minimum Gasteiger partial charge on any atom is -0.492 e. The van der Waals surface area contributed by atoms with Crippen LogP contribution in [0.5, 0.6) is 5.75 Å². The van der Waals surface area contributed by atoms with Gasteiger partial charge in [-0.05, 0) is 43.7 Å². The van der Waals surface area contributed by atoms with E-state index in [4.69, 9.17) is 4.74 Å². The van der Waals surface area contributed by atoms with Crippen LogP contribution in [0.2, 0.25) is 0 Å². The monoisotopic (exact) mass is 229 g/mol. The van der Waals surface area contributed by atoms with Crippen LogP contribution in [0.4, 0.5) is 0 Å². The van der Waals surface area contributed by atoms with Crippen LogP contribution in [0.1, 0.15) is 18.1 Å². The number of likely N-dealkylation sites (N-methyl/N-ethyl adjacent to an activating group) is 1. The van der Waals surface area contributed by atoms with E-state index in [2.05, 4.69) is 44.3 Å². The quantitative estimate of drug-likeness (QED) is 0.784. The molecule has 1 N–H and O–H groups in total. The molecule has 2 nitrogen and oxygen atoms in total. The number of ether oxygens (including phenoxy) is 1. The Hall–Kier alpha value is -0.730. The molecule has 0 aliphatic carbocycles. The molecular weight excluding hydrogens is 210 g/mol. The molecule has 0 saturated heterocycles. The van der Waals surface area contributed by atoms with Gasteiger partial charge in [0.15, 0.2) is 0 Å². The van der Waals surface area contributed by atoms with Gasteiger partial charge in [0.2, 0.25) is 0 Å². The van der Waals surface area contributed by atoms with Crippen molar-refractivity contribution in [2.45, 2.75) is 20.8 Å². The zero-order valence-electron chi connectivity index (χ0n) is 9.67. The average Bonchev–Trinajstić information content (AvgIpc) is 2.11. The van der Waals surface area contributed by atoms with Crippen LogP contribution < -0.4 is 10.1 Å². The predicted molar refractivity (Wildman–Crippen MR) is 67.2 cm³/mol. The Bertz CT molecular complexity index is 269. The molecule has 0 bridgehead atoms. The number of rotatable bonds is 5. The lowest BCUT2D eigenvalue weighted by Gasteiger charge is -2.08. The summed E-state index contributed by atoms with van der Waals surface area (Å²) in [6.07, 6.45) is 0. The highest BCUT2D eigenvalue weighted by Gasteiger charge is 1.95. The number of hydrogen-bond acceptors (Lipinski definition) is 2. The molecule has 0 aromatic heterocycles. The van der Waals surface area contributed by atoms with E-state index in [0.29, 0.717) is 0 Å². The Morgan fingerprint density at radius 3 is 2.27 bits per heavy atom. The summed E-state index contributed by atoms with van der Waals surface area (Å²) >= 11 is 0. The first-order valence-electron chi connectivity index (χ1n) is 5.14. The van der Waals surface area contributed by atoms with Gasteiger partial charge in [0.05, 0.1) is 0 Å². The van der Waals surface area contributed by atoms with E-state index in [9.17, 15) is 0 Å². The highest BCUT2D eigenvalue weighted by Crippen LogP contribution is 2.15. The summed E-state index contributed by atoms with van der Waals surface area (Å²) in [4.78, 5) is 0. The van der Waals surface area contributed by atoms with Crippen LogP contribution in [0.15, 0.2) is 18.2 Å². The van der Waals surface area contributed by atoms with Crippen LogP contribution in [0, 0.1) is 13.8 Å². The molecule has 0 amide bonds. The van der Waals surface area contributed by atoms with Gasteiger partial charge >= 0.3 is 0 Å². The largest absolute Gasteiger partial charge is 0.492 e. The van der Waals surface area contributed by atoms with E-state index >= 15 is 0 Å². The van der Waals surface area contributed by atoms with Crippen molar-refractivity contribution < 1.29 is 4.74 Å². The molecule has 0 heterocycles. The molecule has 0 unspecified atom stereocenters. The van der Waals surface area contributed by atoms with Crippen molar-refractivity contribution >= 4 is 12.4 Å². The number of nitrogens with one attached hydrogen (secondary N) is 1. The molecule has 1 aromatic carbocycles. The predicted octanol–water partition coefficient (Wildman–Crippen LogP) is 2.71. The second-order valence-electron chi connectivity index (χ2n) is 3.53. The topological polar surface area (TPSA) is 21.3 Å². The molecular formula is C12H20ClNO. The first-order valence-corrected chi connectivity index (χ1v) is 5.14. The highest BCUT2D eigenvalue weighted by molar-refractivity contribution is 5.85. The van der Waals surface area contributed by atoms with E-state index in [-0.39, 0.29) is 12.4 Å². The summed E-state index contributed by atoms with van der Waals surface area (Å²) in [6, 6.07) is 6.29. The maximum Gasteiger partial charge on any atom is 0.119 e. The van der Waals surface area contributed by atoms with Gasteiger partial charge in [-0.3, -0.25) is 0 Å². The Kier molecular flexibility index (Phi) is 7.18. The average molecular weight is 230 g/mol. The first-order chi connectivity index (χ1) is 6.72. The third kappa shape index (κ3) is 5.65. The van der Waals surface area contributed by atoms with Gasteiger partial charge in [0.1, 0.15) is 12.4 Å². The maximum absolute atomic E-state index is 5.61. The van der Waals surface area contributed by atoms with Crippen LogP contribution in [-0.4, -0.2) is 19.7 Å². The van der Waals surface area contributed by atoms with Gasteiger partial charge < -0.3 is 10.1 Å². The van der Waals surface area contributed by atoms with Crippen LogP contribution >= 0.6 is 12.4 Å². The van der Waals surface area contributed by atoms with Gasteiger partial charge in [-0.2, -0.15) is 0 Å². The normalized spacial score (nSPS) is 9.53. The zero-order chi connectivity index (χ0) is 10.4. The fraction of sp³-hybridized carbons (Fsp3) is 0.500. The molecule has 0 saturated carbocycles. The van der Waals surface area contributed by atoms with Crippen molar-refractivity contribution in [3.05, 3.63) is 29.3 Å². The van der Waals surface area contributed by atoms with E-state index < -0.39 is 0 Å². The number of hydrogen-bond donors (Lipinski definition) is 1. The summed E-state index contributed by atoms with van der Waals surface area (Å²) in [5.41, 5.74) is 2.51.